The first-order chi connectivity index (χ1) is 6.25. The Balaban J connectivity index is 3.16. The molecule has 0 heterocycles. The molecule has 0 atom stereocenters. The Kier molecular flexibility index (Phi) is 2.97. The zero-order valence-electron chi connectivity index (χ0n) is 6.58. The molecule has 0 unspecified atom stereocenters. The smallest absolute Gasteiger partial charge is 0.207 e. The highest BCUT2D eigenvalue weighted by molar-refractivity contribution is 6.48. The second-order valence-corrected chi connectivity index (χ2v) is 3.91. The maximum absolute atomic E-state index is 12.6. The van der Waals surface area contributed by atoms with Gasteiger partial charge in [0.15, 0.2) is 0 Å². The number of alkyl halides is 5. The van der Waals surface area contributed by atoms with Gasteiger partial charge in [0, 0.05) is 0 Å². The van der Waals surface area contributed by atoms with E-state index in [0.29, 0.717) is 6.07 Å². The molecule has 78 valence electrons. The van der Waals surface area contributed by atoms with Crippen LogP contribution in [-0.4, -0.2) is 6.18 Å². The molecule has 0 saturated heterocycles. The lowest BCUT2D eigenvalue weighted by molar-refractivity contribution is -0.143. The van der Waals surface area contributed by atoms with E-state index in [9.17, 15) is 17.6 Å². The van der Waals surface area contributed by atoms with Gasteiger partial charge in [0.25, 0.3) is 0 Å². The number of benzene rings is 1. The van der Waals surface area contributed by atoms with Crippen molar-refractivity contribution in [3.63, 3.8) is 0 Å². The summed E-state index contributed by atoms with van der Waals surface area (Å²) in [4.78, 5) is 0. The van der Waals surface area contributed by atoms with E-state index >= 15 is 0 Å². The van der Waals surface area contributed by atoms with Crippen LogP contribution in [0, 0.1) is 5.82 Å². The molecule has 0 bridgehead atoms. The second kappa shape index (κ2) is 3.59. The fourth-order valence-electron chi connectivity index (χ4n) is 0.847. The maximum atomic E-state index is 12.6. The van der Waals surface area contributed by atoms with E-state index in [2.05, 4.69) is 0 Å². The zero-order valence-corrected chi connectivity index (χ0v) is 8.09. The monoisotopic (exact) mass is 246 g/mol. The van der Waals surface area contributed by atoms with E-state index in [4.69, 9.17) is 23.2 Å². The summed E-state index contributed by atoms with van der Waals surface area (Å²) in [7, 11) is 0. The third kappa shape index (κ3) is 2.12. The quantitative estimate of drug-likeness (QED) is 0.519. The van der Waals surface area contributed by atoms with Crippen molar-refractivity contribution >= 4 is 23.2 Å². The summed E-state index contributed by atoms with van der Waals surface area (Å²) in [6.45, 7) is 0. The van der Waals surface area contributed by atoms with E-state index in [1.807, 2.05) is 0 Å². The molecule has 0 radical (unpaired) electrons. The van der Waals surface area contributed by atoms with Crippen molar-refractivity contribution in [2.75, 3.05) is 0 Å². The fraction of sp³-hybridized carbons (Fsp3) is 0.250. The van der Waals surface area contributed by atoms with Crippen LogP contribution < -0.4 is 0 Å². The van der Waals surface area contributed by atoms with Gasteiger partial charge in [-0.2, -0.15) is 13.2 Å². The van der Waals surface area contributed by atoms with E-state index in [-0.39, 0.29) is 0 Å². The van der Waals surface area contributed by atoms with Gasteiger partial charge >= 0.3 is 6.18 Å². The SMILES string of the molecule is Fc1cccc(C(Cl)(Cl)C(F)(F)F)c1. The molecule has 14 heavy (non-hydrogen) atoms. The first-order valence-corrected chi connectivity index (χ1v) is 4.21. The lowest BCUT2D eigenvalue weighted by atomic mass is 10.1. The Bertz CT molecular complexity index is 332. The average Bonchev–Trinajstić information content (AvgIpc) is 2.02. The van der Waals surface area contributed by atoms with Gasteiger partial charge in [-0.3, -0.25) is 0 Å². The summed E-state index contributed by atoms with van der Waals surface area (Å²) in [6.07, 6.45) is -4.84. The Hall–Kier alpha value is -0.480. The predicted octanol–water partition coefficient (Wildman–Crippen LogP) is 4.02. The molecule has 0 nitrogen and oxygen atoms in total. The van der Waals surface area contributed by atoms with Crippen LogP contribution in [0.5, 0.6) is 0 Å². The average molecular weight is 247 g/mol. The minimum atomic E-state index is -4.84. The van der Waals surface area contributed by atoms with Crippen LogP contribution in [0.3, 0.4) is 0 Å². The van der Waals surface area contributed by atoms with Crippen LogP contribution >= 0.6 is 23.2 Å². The number of hydrogen-bond donors (Lipinski definition) is 0. The van der Waals surface area contributed by atoms with Crippen molar-refractivity contribution in [3.05, 3.63) is 35.6 Å². The lowest BCUT2D eigenvalue weighted by Crippen LogP contribution is -2.31. The molecule has 1 aromatic carbocycles. The molecule has 0 aromatic heterocycles. The molecule has 0 amide bonds. The van der Waals surface area contributed by atoms with Crippen LogP contribution in [0.1, 0.15) is 5.56 Å². The van der Waals surface area contributed by atoms with Gasteiger partial charge in [0.1, 0.15) is 5.82 Å². The third-order valence-corrected chi connectivity index (χ3v) is 2.41. The van der Waals surface area contributed by atoms with E-state index in [0.717, 1.165) is 18.2 Å². The number of halogens is 6. The molecule has 0 N–H and O–H groups in total. The van der Waals surface area contributed by atoms with Gasteiger partial charge in [-0.05, 0) is 17.7 Å². The molecular weight excluding hydrogens is 243 g/mol. The minimum Gasteiger partial charge on any atom is -0.207 e. The summed E-state index contributed by atoms with van der Waals surface area (Å²) in [5.41, 5.74) is -0.534. The largest absolute Gasteiger partial charge is 0.425 e. The van der Waals surface area contributed by atoms with Crippen molar-refractivity contribution in [2.24, 2.45) is 0 Å². The highest BCUT2D eigenvalue weighted by Crippen LogP contribution is 2.48. The second-order valence-electron chi connectivity index (χ2n) is 2.58. The molecule has 0 fully saturated rings. The highest BCUT2D eigenvalue weighted by atomic mass is 35.5. The van der Waals surface area contributed by atoms with Crippen LogP contribution in [0.2, 0.25) is 0 Å². The van der Waals surface area contributed by atoms with Crippen molar-refractivity contribution in [1.29, 1.82) is 0 Å². The molecule has 0 saturated carbocycles. The summed E-state index contributed by atoms with van der Waals surface area (Å²) in [5.74, 6) is -0.822. The van der Waals surface area contributed by atoms with E-state index in [1.165, 1.54) is 0 Å². The van der Waals surface area contributed by atoms with E-state index in [1.54, 1.807) is 0 Å². The van der Waals surface area contributed by atoms with Gasteiger partial charge in [-0.15, -0.1) is 0 Å². The first-order valence-electron chi connectivity index (χ1n) is 3.46. The lowest BCUT2D eigenvalue weighted by Gasteiger charge is -2.22. The minimum absolute atomic E-state index is 0.534. The molecule has 0 aliphatic carbocycles. The van der Waals surface area contributed by atoms with Gasteiger partial charge in [0.2, 0.25) is 4.33 Å². The van der Waals surface area contributed by atoms with Crippen LogP contribution in [0.4, 0.5) is 17.6 Å². The van der Waals surface area contributed by atoms with Crippen molar-refractivity contribution in [2.45, 2.75) is 10.5 Å². The highest BCUT2D eigenvalue weighted by Gasteiger charge is 2.53. The Morgan fingerprint density at radius 3 is 2.07 bits per heavy atom. The standard InChI is InChI=1S/C8H4Cl2F4/c9-7(10,8(12,13)14)5-2-1-3-6(11)4-5/h1-4H. The van der Waals surface area contributed by atoms with Gasteiger partial charge in [-0.25, -0.2) is 4.39 Å². The Morgan fingerprint density at radius 1 is 1.07 bits per heavy atom. The van der Waals surface area contributed by atoms with Crippen molar-refractivity contribution < 1.29 is 17.6 Å². The predicted molar refractivity (Wildman–Crippen MR) is 45.8 cm³/mol. The summed E-state index contributed by atoms with van der Waals surface area (Å²) in [5, 5.41) is 0. The van der Waals surface area contributed by atoms with Gasteiger partial charge in [0.05, 0.1) is 0 Å². The normalized spacial score (nSPS) is 13.0. The molecule has 0 aliphatic heterocycles. The van der Waals surface area contributed by atoms with Crippen molar-refractivity contribution in [3.8, 4) is 0 Å². The van der Waals surface area contributed by atoms with Gasteiger partial charge in [-0.1, -0.05) is 35.3 Å². The fourth-order valence-corrected chi connectivity index (χ4v) is 1.08. The molecular formula is C8H4Cl2F4. The van der Waals surface area contributed by atoms with Crippen LogP contribution in [-0.2, 0) is 4.33 Å². The van der Waals surface area contributed by atoms with Crippen LogP contribution in [0.15, 0.2) is 24.3 Å². The number of hydrogen-bond acceptors (Lipinski definition) is 0. The van der Waals surface area contributed by atoms with Gasteiger partial charge < -0.3 is 0 Å². The molecule has 0 aliphatic rings. The topological polar surface area (TPSA) is 0 Å². The number of rotatable bonds is 1. The summed E-state index contributed by atoms with van der Waals surface area (Å²) in [6, 6.07) is 3.77. The zero-order chi connectivity index (χ0) is 11.0. The first kappa shape index (κ1) is 11.6. The third-order valence-electron chi connectivity index (χ3n) is 1.54. The summed E-state index contributed by atoms with van der Waals surface area (Å²) >= 11 is 10.2. The molecule has 6 heteroatoms. The van der Waals surface area contributed by atoms with E-state index < -0.39 is 21.9 Å². The van der Waals surface area contributed by atoms with Crippen LogP contribution in [0.25, 0.3) is 0 Å². The molecule has 1 aromatic rings. The van der Waals surface area contributed by atoms with Crippen molar-refractivity contribution in [1.82, 2.24) is 0 Å². The molecule has 0 spiro atoms. The maximum Gasteiger partial charge on any atom is 0.425 e. The Morgan fingerprint density at radius 2 is 1.64 bits per heavy atom. The Labute approximate surface area is 87.4 Å². The molecule has 1 rings (SSSR count). The summed E-state index contributed by atoms with van der Waals surface area (Å²) < 4.78 is 46.3.